The van der Waals surface area contributed by atoms with E-state index in [4.69, 9.17) is 0 Å². The summed E-state index contributed by atoms with van der Waals surface area (Å²) < 4.78 is 9.50. The van der Waals surface area contributed by atoms with Crippen LogP contribution in [0.15, 0.2) is 30.3 Å². The summed E-state index contributed by atoms with van der Waals surface area (Å²) in [6.45, 7) is 10.5. The van der Waals surface area contributed by atoms with Gasteiger partial charge in [-0.15, -0.1) is 0 Å². The minimum absolute atomic E-state index is 0. The van der Waals surface area contributed by atoms with Crippen molar-refractivity contribution in [1.29, 1.82) is 0 Å². The maximum Gasteiger partial charge on any atom is 0.0785 e. The van der Waals surface area contributed by atoms with Crippen LogP contribution in [0.3, 0.4) is 0 Å². The van der Waals surface area contributed by atoms with Crippen LogP contribution in [0.1, 0.15) is 100 Å². The van der Waals surface area contributed by atoms with Crippen LogP contribution < -0.4 is 0 Å². The van der Waals surface area contributed by atoms with Crippen molar-refractivity contribution >= 4 is 0 Å². The molecular formula is C24H49F2O. The number of hydrogen-bond acceptors (Lipinski definition) is 0. The van der Waals surface area contributed by atoms with Crippen molar-refractivity contribution in [2.75, 3.05) is 7.18 Å². The molecule has 2 atom stereocenters. The van der Waals surface area contributed by atoms with Crippen LogP contribution in [0.5, 0.6) is 0 Å². The zero-order valence-corrected chi connectivity index (χ0v) is 18.6. The summed E-state index contributed by atoms with van der Waals surface area (Å²) in [6, 6.07) is 11.2. The molecule has 2 aliphatic carbocycles. The van der Waals surface area contributed by atoms with Crippen LogP contribution in [0.25, 0.3) is 0 Å². The average Bonchev–Trinajstić information content (AvgIpc) is 2.73. The maximum absolute atomic E-state index is 9.50. The lowest BCUT2D eigenvalue weighted by Gasteiger charge is -2.37. The lowest BCUT2D eigenvalue weighted by molar-refractivity contribution is 0.159. The molecule has 165 valence electrons. The van der Waals surface area contributed by atoms with Crippen LogP contribution >= 0.6 is 0 Å². The van der Waals surface area contributed by atoms with Gasteiger partial charge in [-0.3, -0.25) is 9.09 Å². The molecule has 1 radical (unpaired) electrons. The van der Waals surface area contributed by atoms with Gasteiger partial charge in [0.15, 0.2) is 0 Å². The zero-order chi connectivity index (χ0) is 19.1. The van der Waals surface area contributed by atoms with Gasteiger partial charge in [0.25, 0.3) is 0 Å². The molecule has 27 heavy (non-hydrogen) atoms. The SMILES string of the molecule is CC.CC.CC1CCCC(C2CCC(c3ccccc3)CC2)C1.CF.F.O.[HH].[H]. The number of hydrogen-bond donors (Lipinski definition) is 0. The summed E-state index contributed by atoms with van der Waals surface area (Å²) in [5, 5.41) is 0. The van der Waals surface area contributed by atoms with Gasteiger partial charge in [0.05, 0.1) is 7.18 Å². The van der Waals surface area contributed by atoms with Gasteiger partial charge >= 0.3 is 0 Å². The Labute approximate surface area is 170 Å². The lowest BCUT2D eigenvalue weighted by atomic mass is 9.68. The highest BCUT2D eigenvalue weighted by molar-refractivity contribution is 5.19. The van der Waals surface area contributed by atoms with Crippen molar-refractivity contribution in [2.45, 2.75) is 91.9 Å². The Morgan fingerprint density at radius 2 is 1.33 bits per heavy atom. The Balaban J connectivity index is -0.000000177. The molecule has 2 fully saturated rings. The van der Waals surface area contributed by atoms with Crippen molar-refractivity contribution < 1.29 is 17.4 Å². The fourth-order valence-corrected chi connectivity index (χ4v) is 4.56. The van der Waals surface area contributed by atoms with E-state index < -0.39 is 0 Å². The van der Waals surface area contributed by atoms with E-state index in [1.807, 2.05) is 27.7 Å². The van der Waals surface area contributed by atoms with E-state index >= 15 is 0 Å². The van der Waals surface area contributed by atoms with Crippen molar-refractivity contribution in [3.63, 3.8) is 0 Å². The molecule has 0 aromatic heterocycles. The first-order valence-corrected chi connectivity index (χ1v) is 10.8. The van der Waals surface area contributed by atoms with Gasteiger partial charge in [0, 0.05) is 2.85 Å². The summed E-state index contributed by atoms with van der Waals surface area (Å²) in [5.74, 6) is 3.94. The van der Waals surface area contributed by atoms with Crippen LogP contribution in [0.4, 0.5) is 9.09 Å². The molecule has 0 heterocycles. The molecule has 2 N–H and O–H groups in total. The summed E-state index contributed by atoms with van der Waals surface area (Å²) in [4.78, 5) is 0. The second-order valence-electron chi connectivity index (χ2n) is 7.05. The van der Waals surface area contributed by atoms with Crippen LogP contribution in [0.2, 0.25) is 0 Å². The van der Waals surface area contributed by atoms with Crippen molar-refractivity contribution in [3.8, 4) is 0 Å². The molecule has 3 heteroatoms. The molecule has 0 aliphatic heterocycles. The predicted molar refractivity (Wildman–Crippen MR) is 121 cm³/mol. The molecule has 1 aromatic rings. The maximum atomic E-state index is 9.50. The molecule has 1 aromatic carbocycles. The molecule has 2 saturated carbocycles. The van der Waals surface area contributed by atoms with E-state index in [0.717, 1.165) is 23.7 Å². The molecule has 0 spiro atoms. The first-order chi connectivity index (χ1) is 12.3. The first-order valence-electron chi connectivity index (χ1n) is 10.8. The fraction of sp³-hybridized carbons (Fsp3) is 0.750. The van der Waals surface area contributed by atoms with Gasteiger partial charge in [0.1, 0.15) is 0 Å². The standard InChI is InChI=1S/C19H28.2C2H6.CH3F.FH.H2O.H2.H/c1-15-6-5-9-19(14-15)18-12-10-17(11-13-18)16-7-3-2-4-8-16;3*1-2;;;;/h2-4,7-8,15,17-19H,5-6,9-14H2,1H3;2*1-2H3;1H3;1H;1H2;1H;. The van der Waals surface area contributed by atoms with E-state index in [1.54, 1.807) is 5.56 Å². The minimum Gasteiger partial charge on any atom is -0.412 e. The van der Waals surface area contributed by atoms with Crippen LogP contribution in [-0.4, -0.2) is 12.7 Å². The molecule has 2 unspecified atom stereocenters. The largest absolute Gasteiger partial charge is 0.412 e. The molecule has 1 nitrogen and oxygen atoms in total. The van der Waals surface area contributed by atoms with E-state index in [9.17, 15) is 4.39 Å². The Morgan fingerprint density at radius 1 is 0.815 bits per heavy atom. The smallest absolute Gasteiger partial charge is 0.0785 e. The van der Waals surface area contributed by atoms with Gasteiger partial charge in [-0.05, 0) is 61.3 Å². The van der Waals surface area contributed by atoms with Gasteiger partial charge in [0.2, 0.25) is 0 Å². The van der Waals surface area contributed by atoms with Crippen LogP contribution in [0, 0.1) is 17.8 Å². The Hall–Kier alpha value is -0.960. The van der Waals surface area contributed by atoms with E-state index in [0.29, 0.717) is 7.18 Å². The fourth-order valence-electron chi connectivity index (χ4n) is 4.56. The van der Waals surface area contributed by atoms with Gasteiger partial charge < -0.3 is 5.48 Å². The molecular weight excluding hydrogens is 342 g/mol. The molecule has 3 rings (SSSR count). The molecule has 0 bridgehead atoms. The molecule has 2 aliphatic rings. The minimum atomic E-state index is 0. The summed E-state index contributed by atoms with van der Waals surface area (Å²) in [7, 11) is 0.500. The van der Waals surface area contributed by atoms with E-state index in [1.165, 1.54) is 51.4 Å². The second kappa shape index (κ2) is 19.8. The number of benzene rings is 1. The lowest BCUT2D eigenvalue weighted by Crippen LogP contribution is -2.25. The van der Waals surface area contributed by atoms with Crippen molar-refractivity contribution in [1.82, 2.24) is 0 Å². The van der Waals surface area contributed by atoms with E-state index in [-0.39, 0.29) is 13.0 Å². The normalized spacial score (nSPS) is 26.0. The third-order valence-corrected chi connectivity index (χ3v) is 5.69. The Kier molecular flexibility index (Phi) is 22.5. The topological polar surface area (TPSA) is 31.5 Å². The summed E-state index contributed by atoms with van der Waals surface area (Å²) in [6.07, 6.45) is 11.8. The highest BCUT2D eigenvalue weighted by Crippen LogP contribution is 2.43. The highest BCUT2D eigenvalue weighted by Gasteiger charge is 2.30. The monoisotopic (exact) mass is 391 g/mol. The van der Waals surface area contributed by atoms with Crippen molar-refractivity contribution in [3.05, 3.63) is 35.9 Å². The highest BCUT2D eigenvalue weighted by atomic mass is 19.1. The second-order valence-corrected chi connectivity index (χ2v) is 7.05. The van der Waals surface area contributed by atoms with Crippen molar-refractivity contribution in [2.24, 2.45) is 17.8 Å². The summed E-state index contributed by atoms with van der Waals surface area (Å²) >= 11 is 0. The predicted octanol–water partition coefficient (Wildman–Crippen LogP) is 8.11. The zero-order valence-electron chi connectivity index (χ0n) is 19.6. The number of halogens is 2. The molecule has 0 saturated heterocycles. The third kappa shape index (κ3) is 10.8. The Bertz CT molecular complexity index is 399. The van der Waals surface area contributed by atoms with Gasteiger partial charge in [-0.25, -0.2) is 0 Å². The first kappa shape index (κ1) is 30.8. The van der Waals surface area contributed by atoms with Crippen LogP contribution in [-0.2, 0) is 0 Å². The molecule has 0 amide bonds. The number of alkyl halides is 1. The average molecular weight is 392 g/mol. The van der Waals surface area contributed by atoms with Gasteiger partial charge in [-0.1, -0.05) is 84.2 Å². The van der Waals surface area contributed by atoms with Gasteiger partial charge in [-0.2, -0.15) is 0 Å². The summed E-state index contributed by atoms with van der Waals surface area (Å²) in [5.41, 5.74) is 1.58. The third-order valence-electron chi connectivity index (χ3n) is 5.69. The quantitative estimate of drug-likeness (QED) is 0.487. The number of rotatable bonds is 2. The Morgan fingerprint density at radius 3 is 1.81 bits per heavy atom. The van der Waals surface area contributed by atoms with E-state index in [2.05, 4.69) is 37.3 Å².